The molecule has 1 aromatic heterocycles. The monoisotopic (exact) mass is 473 g/mol. The average molecular weight is 475 g/mol. The first-order valence-electron chi connectivity index (χ1n) is 7.63. The molecule has 2 heterocycles. The standard InChI is InChI=1S/C17H11BrClF2N5.ClH/c18-8-4-5-11-15(16(8)19)17(14-9(20)2-1-3-10(14)21)23-7-13-25-24-12(6-22)26(11)13;/h1-5H,6-7,22H2;1H. The van der Waals surface area contributed by atoms with Crippen molar-refractivity contribution in [1.82, 2.24) is 14.8 Å². The minimum Gasteiger partial charge on any atom is -0.324 e. The first-order chi connectivity index (χ1) is 12.5. The minimum atomic E-state index is -0.720. The summed E-state index contributed by atoms with van der Waals surface area (Å²) in [4.78, 5) is 4.41. The maximum atomic E-state index is 14.5. The second-order valence-electron chi connectivity index (χ2n) is 5.59. The lowest BCUT2D eigenvalue weighted by Crippen LogP contribution is -2.14. The van der Waals surface area contributed by atoms with E-state index in [4.69, 9.17) is 17.3 Å². The summed E-state index contributed by atoms with van der Waals surface area (Å²) in [5, 5.41) is 8.44. The van der Waals surface area contributed by atoms with Gasteiger partial charge in [0.05, 0.1) is 28.5 Å². The number of hydrogen-bond acceptors (Lipinski definition) is 4. The molecule has 10 heteroatoms. The molecule has 1 aliphatic heterocycles. The van der Waals surface area contributed by atoms with Gasteiger partial charge in [-0.1, -0.05) is 17.7 Å². The lowest BCUT2D eigenvalue weighted by Gasteiger charge is -2.16. The van der Waals surface area contributed by atoms with Gasteiger partial charge in [0.15, 0.2) is 11.6 Å². The third-order valence-electron chi connectivity index (χ3n) is 4.11. The van der Waals surface area contributed by atoms with Crippen molar-refractivity contribution in [2.24, 2.45) is 10.7 Å². The Hall–Kier alpha value is -1.87. The molecule has 5 nitrogen and oxygen atoms in total. The van der Waals surface area contributed by atoms with Crippen molar-refractivity contribution in [2.75, 3.05) is 0 Å². The summed E-state index contributed by atoms with van der Waals surface area (Å²) < 4.78 is 31.2. The first-order valence-corrected chi connectivity index (χ1v) is 8.80. The molecule has 0 saturated carbocycles. The van der Waals surface area contributed by atoms with Crippen LogP contribution in [0.25, 0.3) is 5.69 Å². The van der Waals surface area contributed by atoms with Crippen molar-refractivity contribution < 1.29 is 8.78 Å². The quantitative estimate of drug-likeness (QED) is 0.605. The summed E-state index contributed by atoms with van der Waals surface area (Å²) in [6.07, 6.45) is 0. The second-order valence-corrected chi connectivity index (χ2v) is 6.82. The largest absolute Gasteiger partial charge is 0.324 e. The summed E-state index contributed by atoms with van der Waals surface area (Å²) in [5.41, 5.74) is 6.61. The van der Waals surface area contributed by atoms with Crippen LogP contribution in [0.15, 0.2) is 39.8 Å². The van der Waals surface area contributed by atoms with Crippen LogP contribution < -0.4 is 5.73 Å². The molecule has 0 amide bonds. The number of rotatable bonds is 2. The van der Waals surface area contributed by atoms with Crippen LogP contribution in [0.4, 0.5) is 8.78 Å². The van der Waals surface area contributed by atoms with E-state index in [2.05, 4.69) is 31.1 Å². The van der Waals surface area contributed by atoms with E-state index in [0.717, 1.165) is 0 Å². The molecule has 0 bridgehead atoms. The third kappa shape index (κ3) is 3.16. The Kier molecular flexibility index (Phi) is 5.62. The molecule has 140 valence electrons. The van der Waals surface area contributed by atoms with E-state index >= 15 is 0 Å². The average Bonchev–Trinajstić information content (AvgIpc) is 2.96. The Bertz CT molecular complexity index is 1050. The SMILES string of the molecule is Cl.NCc1nnc2n1-c1ccc(Br)c(Cl)c1C(c1c(F)cccc1F)=NC2. The van der Waals surface area contributed by atoms with Gasteiger partial charge in [-0.2, -0.15) is 0 Å². The maximum Gasteiger partial charge on any atom is 0.159 e. The van der Waals surface area contributed by atoms with Gasteiger partial charge in [-0.25, -0.2) is 8.78 Å². The second kappa shape index (κ2) is 7.63. The van der Waals surface area contributed by atoms with Crippen LogP contribution >= 0.6 is 39.9 Å². The summed E-state index contributed by atoms with van der Waals surface area (Å²) in [6, 6.07) is 7.17. The fraction of sp³-hybridized carbons (Fsp3) is 0.118. The van der Waals surface area contributed by atoms with Crippen molar-refractivity contribution in [1.29, 1.82) is 0 Å². The van der Waals surface area contributed by atoms with E-state index in [1.165, 1.54) is 18.2 Å². The zero-order valence-electron chi connectivity index (χ0n) is 13.6. The van der Waals surface area contributed by atoms with Gasteiger partial charge in [0.1, 0.15) is 18.2 Å². The van der Waals surface area contributed by atoms with E-state index in [-0.39, 0.29) is 41.8 Å². The van der Waals surface area contributed by atoms with E-state index in [1.54, 1.807) is 16.7 Å². The maximum absolute atomic E-state index is 14.5. The predicted molar refractivity (Wildman–Crippen MR) is 105 cm³/mol. The number of nitrogens with two attached hydrogens (primary N) is 1. The van der Waals surface area contributed by atoms with Crippen molar-refractivity contribution >= 4 is 45.6 Å². The van der Waals surface area contributed by atoms with Crippen molar-refractivity contribution in [3.63, 3.8) is 0 Å². The summed E-state index contributed by atoms with van der Waals surface area (Å²) in [5.74, 6) is -0.424. The predicted octanol–water partition coefficient (Wildman–Crippen LogP) is 4.19. The molecule has 4 rings (SSSR count). The molecule has 1 aliphatic rings. The third-order valence-corrected chi connectivity index (χ3v) is 5.39. The fourth-order valence-electron chi connectivity index (χ4n) is 2.98. The van der Waals surface area contributed by atoms with E-state index in [1.807, 2.05) is 0 Å². The molecular formula is C17H12BrCl2F2N5. The molecule has 0 spiro atoms. The highest BCUT2D eigenvalue weighted by molar-refractivity contribution is 9.10. The molecule has 0 fully saturated rings. The number of aromatic nitrogens is 3. The Morgan fingerprint density at radius 3 is 2.48 bits per heavy atom. The summed E-state index contributed by atoms with van der Waals surface area (Å²) in [6.45, 7) is 0.224. The highest BCUT2D eigenvalue weighted by Gasteiger charge is 2.28. The van der Waals surface area contributed by atoms with Crippen LogP contribution in [0.1, 0.15) is 22.8 Å². The number of hydrogen-bond donors (Lipinski definition) is 1. The molecule has 0 aliphatic carbocycles. The Morgan fingerprint density at radius 1 is 1.11 bits per heavy atom. The highest BCUT2D eigenvalue weighted by atomic mass is 79.9. The fourth-order valence-corrected chi connectivity index (χ4v) is 3.56. The van der Waals surface area contributed by atoms with E-state index in [0.29, 0.717) is 27.4 Å². The smallest absolute Gasteiger partial charge is 0.159 e. The van der Waals surface area contributed by atoms with Crippen LogP contribution in [-0.2, 0) is 13.1 Å². The van der Waals surface area contributed by atoms with Gasteiger partial charge in [-0.05, 0) is 40.2 Å². The number of fused-ring (bicyclic) bond motifs is 3. The number of halogens is 5. The lowest BCUT2D eigenvalue weighted by molar-refractivity contribution is 0.579. The Labute approximate surface area is 172 Å². The zero-order valence-corrected chi connectivity index (χ0v) is 16.7. The molecule has 2 N–H and O–H groups in total. The molecule has 0 unspecified atom stereocenters. The van der Waals surface area contributed by atoms with Gasteiger partial charge in [0.25, 0.3) is 0 Å². The van der Waals surface area contributed by atoms with Crippen LogP contribution in [0.3, 0.4) is 0 Å². The first kappa shape index (κ1) is 19.9. The Balaban J connectivity index is 0.00000210. The topological polar surface area (TPSA) is 69.1 Å². The molecular weight excluding hydrogens is 463 g/mol. The van der Waals surface area contributed by atoms with Gasteiger partial charge >= 0.3 is 0 Å². The van der Waals surface area contributed by atoms with Gasteiger partial charge in [0, 0.05) is 10.0 Å². The number of benzene rings is 2. The zero-order chi connectivity index (χ0) is 18.4. The number of aliphatic imine (C=N–C) groups is 1. The van der Waals surface area contributed by atoms with Gasteiger partial charge < -0.3 is 5.73 Å². The van der Waals surface area contributed by atoms with Gasteiger partial charge in [0.2, 0.25) is 0 Å². The van der Waals surface area contributed by atoms with Gasteiger partial charge in [-0.3, -0.25) is 9.56 Å². The summed E-state index contributed by atoms with van der Waals surface area (Å²) >= 11 is 9.87. The van der Waals surface area contributed by atoms with Crippen LogP contribution in [0, 0.1) is 11.6 Å². The van der Waals surface area contributed by atoms with Crippen molar-refractivity contribution in [3.8, 4) is 5.69 Å². The van der Waals surface area contributed by atoms with Gasteiger partial charge in [-0.15, -0.1) is 22.6 Å². The lowest BCUT2D eigenvalue weighted by atomic mass is 9.99. The van der Waals surface area contributed by atoms with Crippen LogP contribution in [-0.4, -0.2) is 20.5 Å². The Morgan fingerprint density at radius 2 is 1.81 bits per heavy atom. The molecule has 3 aromatic rings. The molecule has 0 atom stereocenters. The molecule has 27 heavy (non-hydrogen) atoms. The van der Waals surface area contributed by atoms with Crippen molar-refractivity contribution in [3.05, 3.63) is 74.2 Å². The molecule has 0 saturated heterocycles. The minimum absolute atomic E-state index is 0. The normalized spacial score (nSPS) is 12.6. The van der Waals surface area contributed by atoms with Crippen LogP contribution in [0.5, 0.6) is 0 Å². The summed E-state index contributed by atoms with van der Waals surface area (Å²) in [7, 11) is 0. The molecule has 0 radical (unpaired) electrons. The van der Waals surface area contributed by atoms with Crippen LogP contribution in [0.2, 0.25) is 5.02 Å². The van der Waals surface area contributed by atoms with Crippen molar-refractivity contribution in [2.45, 2.75) is 13.1 Å². The van der Waals surface area contributed by atoms with E-state index < -0.39 is 11.6 Å². The van der Waals surface area contributed by atoms with E-state index in [9.17, 15) is 8.78 Å². The number of nitrogens with zero attached hydrogens (tertiary/aromatic N) is 4. The highest BCUT2D eigenvalue weighted by Crippen LogP contribution is 2.36. The molecule has 2 aromatic carbocycles.